The van der Waals surface area contributed by atoms with E-state index < -0.39 is 0 Å². The predicted molar refractivity (Wildman–Crippen MR) is 81.5 cm³/mol. The zero-order valence-corrected chi connectivity index (χ0v) is 13.5. The molecule has 1 rings (SSSR count). The minimum atomic E-state index is 0.438. The van der Waals surface area contributed by atoms with E-state index in [-0.39, 0.29) is 0 Å². The Bertz CT molecular complexity index is 375. The van der Waals surface area contributed by atoms with Gasteiger partial charge >= 0.3 is 0 Å². The van der Waals surface area contributed by atoms with E-state index in [9.17, 15) is 0 Å². The Morgan fingerprint density at radius 3 is 2.29 bits per heavy atom. The molecule has 0 saturated heterocycles. The molecule has 4 heteroatoms. The van der Waals surface area contributed by atoms with Crippen molar-refractivity contribution in [2.75, 3.05) is 11.9 Å². The zero-order valence-electron chi connectivity index (χ0n) is 11.3. The predicted octanol–water partition coefficient (Wildman–Crippen LogP) is 3.83. The van der Waals surface area contributed by atoms with Crippen LogP contribution in [-0.2, 0) is 6.42 Å². The van der Waals surface area contributed by atoms with Gasteiger partial charge in [-0.3, -0.25) is 0 Å². The number of hydrogen-bond acceptors (Lipinski definition) is 3. The zero-order chi connectivity index (χ0) is 13.0. The average Bonchev–Trinajstić information content (AvgIpc) is 2.21. The monoisotopic (exact) mass is 347 g/mol. The van der Waals surface area contributed by atoms with Crippen molar-refractivity contribution in [1.29, 1.82) is 0 Å². The molecule has 1 aromatic rings. The van der Waals surface area contributed by atoms with Crippen molar-refractivity contribution in [3.8, 4) is 0 Å². The second-order valence-electron chi connectivity index (χ2n) is 4.97. The van der Waals surface area contributed by atoms with Crippen molar-refractivity contribution in [2.24, 2.45) is 5.92 Å². The number of anilines is 1. The van der Waals surface area contributed by atoms with Gasteiger partial charge in [-0.05, 0) is 41.4 Å². The first-order chi connectivity index (χ1) is 7.95. The molecule has 0 atom stereocenters. The summed E-state index contributed by atoms with van der Waals surface area (Å²) >= 11 is 2.34. The second kappa shape index (κ2) is 6.52. The molecule has 1 aromatic heterocycles. The van der Waals surface area contributed by atoms with E-state index in [0.717, 1.165) is 33.9 Å². The smallest absolute Gasteiger partial charge is 0.143 e. The highest BCUT2D eigenvalue weighted by Crippen LogP contribution is 2.25. The molecule has 0 aliphatic carbocycles. The summed E-state index contributed by atoms with van der Waals surface area (Å²) in [5.41, 5.74) is 1.16. The summed E-state index contributed by atoms with van der Waals surface area (Å²) in [6, 6.07) is 0. The van der Waals surface area contributed by atoms with Crippen molar-refractivity contribution in [3.63, 3.8) is 0 Å². The molecule has 0 fully saturated rings. The summed E-state index contributed by atoms with van der Waals surface area (Å²) in [5, 5.41) is 3.33. The van der Waals surface area contributed by atoms with E-state index in [1.165, 1.54) is 0 Å². The van der Waals surface area contributed by atoms with Gasteiger partial charge in [0.15, 0.2) is 0 Å². The maximum absolute atomic E-state index is 4.70. The molecule has 0 unspecified atom stereocenters. The van der Waals surface area contributed by atoms with E-state index >= 15 is 0 Å². The highest BCUT2D eigenvalue weighted by atomic mass is 127. The molecule has 3 nitrogen and oxygen atoms in total. The summed E-state index contributed by atoms with van der Waals surface area (Å²) < 4.78 is 1.16. The fourth-order valence-corrected chi connectivity index (χ4v) is 2.69. The van der Waals surface area contributed by atoms with Gasteiger partial charge in [0.05, 0.1) is 9.26 Å². The van der Waals surface area contributed by atoms with Crippen LogP contribution in [0.5, 0.6) is 0 Å². The van der Waals surface area contributed by atoms with Gasteiger partial charge in [-0.2, -0.15) is 0 Å². The van der Waals surface area contributed by atoms with Gasteiger partial charge in [-0.1, -0.05) is 27.7 Å². The maximum Gasteiger partial charge on any atom is 0.143 e. The Hall–Kier alpha value is -0.390. The topological polar surface area (TPSA) is 37.8 Å². The Morgan fingerprint density at radius 1 is 1.18 bits per heavy atom. The standard InChI is InChI=1S/C13H22IN3/c1-6-15-13-11(14)12(9(4)5)16-10(17-13)7-8(2)3/h8-9H,6-7H2,1-5H3,(H,15,16,17). The normalized spacial score (nSPS) is 11.3. The molecule has 17 heavy (non-hydrogen) atoms. The van der Waals surface area contributed by atoms with Gasteiger partial charge < -0.3 is 5.32 Å². The third-order valence-electron chi connectivity index (χ3n) is 2.41. The number of hydrogen-bond donors (Lipinski definition) is 1. The first-order valence-corrected chi connectivity index (χ1v) is 7.33. The third-order valence-corrected chi connectivity index (χ3v) is 3.47. The van der Waals surface area contributed by atoms with Crippen molar-refractivity contribution >= 4 is 28.4 Å². The van der Waals surface area contributed by atoms with Crippen LogP contribution in [0.25, 0.3) is 0 Å². The molecular formula is C13H22IN3. The number of nitrogens with zero attached hydrogens (tertiary/aromatic N) is 2. The molecular weight excluding hydrogens is 325 g/mol. The van der Waals surface area contributed by atoms with Gasteiger partial charge in [0.1, 0.15) is 11.6 Å². The van der Waals surface area contributed by atoms with Gasteiger partial charge in [0.25, 0.3) is 0 Å². The summed E-state index contributed by atoms with van der Waals surface area (Å²) in [4.78, 5) is 9.31. The van der Waals surface area contributed by atoms with Crippen LogP contribution in [0.15, 0.2) is 0 Å². The van der Waals surface area contributed by atoms with E-state index in [0.29, 0.717) is 11.8 Å². The number of halogens is 1. The van der Waals surface area contributed by atoms with Crippen LogP contribution in [0.3, 0.4) is 0 Å². The Labute approximate surface area is 118 Å². The number of nitrogens with one attached hydrogen (secondary N) is 1. The minimum absolute atomic E-state index is 0.438. The molecule has 0 bridgehead atoms. The largest absolute Gasteiger partial charge is 0.369 e. The lowest BCUT2D eigenvalue weighted by Gasteiger charge is -2.15. The molecule has 0 spiro atoms. The lowest BCUT2D eigenvalue weighted by molar-refractivity contribution is 0.613. The SMILES string of the molecule is CCNc1nc(CC(C)C)nc(C(C)C)c1I. The summed E-state index contributed by atoms with van der Waals surface area (Å²) in [5.74, 6) is 2.97. The van der Waals surface area contributed by atoms with Gasteiger partial charge in [-0.25, -0.2) is 9.97 Å². The second-order valence-corrected chi connectivity index (χ2v) is 6.05. The first kappa shape index (κ1) is 14.7. The molecule has 0 radical (unpaired) electrons. The highest BCUT2D eigenvalue weighted by Gasteiger charge is 2.14. The lowest BCUT2D eigenvalue weighted by atomic mass is 10.1. The highest BCUT2D eigenvalue weighted by molar-refractivity contribution is 14.1. The molecule has 0 saturated carbocycles. The van der Waals surface area contributed by atoms with E-state index in [1.54, 1.807) is 0 Å². The fourth-order valence-electron chi connectivity index (χ4n) is 1.64. The Balaban J connectivity index is 3.16. The number of aromatic nitrogens is 2. The molecule has 0 amide bonds. The van der Waals surface area contributed by atoms with E-state index in [2.05, 4.69) is 67.5 Å². The molecule has 0 aliphatic rings. The van der Waals surface area contributed by atoms with Crippen LogP contribution < -0.4 is 5.32 Å². The van der Waals surface area contributed by atoms with Crippen molar-refractivity contribution in [1.82, 2.24) is 9.97 Å². The maximum atomic E-state index is 4.70. The fraction of sp³-hybridized carbons (Fsp3) is 0.692. The van der Waals surface area contributed by atoms with Gasteiger partial charge in [-0.15, -0.1) is 0 Å². The molecule has 1 heterocycles. The van der Waals surface area contributed by atoms with E-state index in [1.807, 2.05) is 0 Å². The van der Waals surface area contributed by atoms with Gasteiger partial charge in [0, 0.05) is 13.0 Å². The molecule has 1 N–H and O–H groups in total. The van der Waals surface area contributed by atoms with Crippen LogP contribution in [0.4, 0.5) is 5.82 Å². The third kappa shape index (κ3) is 4.08. The molecule has 96 valence electrons. The van der Waals surface area contributed by atoms with Crippen LogP contribution in [0.1, 0.15) is 52.1 Å². The van der Waals surface area contributed by atoms with Crippen molar-refractivity contribution in [3.05, 3.63) is 15.1 Å². The summed E-state index contributed by atoms with van der Waals surface area (Å²) in [6.07, 6.45) is 0.940. The quantitative estimate of drug-likeness (QED) is 0.823. The minimum Gasteiger partial charge on any atom is -0.369 e. The Morgan fingerprint density at radius 2 is 1.82 bits per heavy atom. The summed E-state index contributed by atoms with van der Waals surface area (Å²) in [7, 11) is 0. The lowest BCUT2D eigenvalue weighted by Crippen LogP contribution is -2.12. The van der Waals surface area contributed by atoms with Gasteiger partial charge in [0.2, 0.25) is 0 Å². The average molecular weight is 347 g/mol. The number of rotatable bonds is 5. The van der Waals surface area contributed by atoms with E-state index in [4.69, 9.17) is 4.98 Å². The molecule has 0 aliphatic heterocycles. The van der Waals surface area contributed by atoms with Crippen LogP contribution >= 0.6 is 22.6 Å². The molecule has 0 aromatic carbocycles. The van der Waals surface area contributed by atoms with Crippen molar-refractivity contribution in [2.45, 2.75) is 47.0 Å². The van der Waals surface area contributed by atoms with Crippen molar-refractivity contribution < 1.29 is 0 Å². The summed E-state index contributed by atoms with van der Waals surface area (Å²) in [6.45, 7) is 11.7. The first-order valence-electron chi connectivity index (χ1n) is 6.25. The Kier molecular flexibility index (Phi) is 5.62. The van der Waals surface area contributed by atoms with Crippen LogP contribution in [-0.4, -0.2) is 16.5 Å². The van der Waals surface area contributed by atoms with Crippen LogP contribution in [0, 0.1) is 9.49 Å². The van der Waals surface area contributed by atoms with Crippen LogP contribution in [0.2, 0.25) is 0 Å².